The van der Waals surface area contributed by atoms with E-state index in [-0.39, 0.29) is 0 Å². The van der Waals surface area contributed by atoms with Crippen LogP contribution < -0.4 is 5.73 Å². The molecule has 0 bridgehead atoms. The summed E-state index contributed by atoms with van der Waals surface area (Å²) in [7, 11) is 0. The molecule has 3 nitrogen and oxygen atoms in total. The number of aromatic nitrogens is 2. The van der Waals surface area contributed by atoms with E-state index in [1.54, 1.807) is 6.33 Å². The Morgan fingerprint density at radius 3 is 2.69 bits per heavy atom. The summed E-state index contributed by atoms with van der Waals surface area (Å²) in [6.45, 7) is 1.94. The van der Waals surface area contributed by atoms with Crippen molar-refractivity contribution in [2.75, 3.05) is 5.73 Å². The third-order valence-corrected chi connectivity index (χ3v) is 2.86. The molecule has 1 heterocycles. The first-order valence-electron chi connectivity index (χ1n) is 4.86. The molecular formula is C10H15N3. The molecule has 0 spiro atoms. The Morgan fingerprint density at radius 2 is 2.00 bits per heavy atom. The van der Waals surface area contributed by atoms with Crippen LogP contribution in [-0.2, 0) is 0 Å². The maximum atomic E-state index is 5.94. The first-order valence-corrected chi connectivity index (χ1v) is 4.86. The lowest BCUT2D eigenvalue weighted by atomic mass is 10.0. The van der Waals surface area contributed by atoms with Crippen molar-refractivity contribution in [1.82, 2.24) is 9.97 Å². The Morgan fingerprint density at radius 1 is 1.31 bits per heavy atom. The molecule has 1 aliphatic rings. The fraction of sp³-hybridized carbons (Fsp3) is 0.600. The molecular weight excluding hydrogens is 162 g/mol. The van der Waals surface area contributed by atoms with E-state index < -0.39 is 0 Å². The van der Waals surface area contributed by atoms with Crippen LogP contribution in [0.1, 0.15) is 43.0 Å². The molecule has 70 valence electrons. The van der Waals surface area contributed by atoms with Crippen molar-refractivity contribution < 1.29 is 0 Å². The van der Waals surface area contributed by atoms with Gasteiger partial charge >= 0.3 is 0 Å². The van der Waals surface area contributed by atoms with Crippen LogP contribution in [0.25, 0.3) is 0 Å². The molecule has 1 saturated carbocycles. The van der Waals surface area contributed by atoms with E-state index in [1.165, 1.54) is 25.7 Å². The van der Waals surface area contributed by atoms with Crippen LogP contribution in [-0.4, -0.2) is 9.97 Å². The van der Waals surface area contributed by atoms with Crippen molar-refractivity contribution in [3.05, 3.63) is 17.7 Å². The van der Waals surface area contributed by atoms with E-state index in [0.717, 1.165) is 17.1 Å². The van der Waals surface area contributed by atoms with E-state index in [0.29, 0.717) is 5.92 Å². The first kappa shape index (κ1) is 8.48. The van der Waals surface area contributed by atoms with Gasteiger partial charge in [-0.25, -0.2) is 9.97 Å². The SMILES string of the molecule is Cc1ncnc(C2CCCC2)c1N. The highest BCUT2D eigenvalue weighted by molar-refractivity contribution is 5.48. The number of anilines is 1. The summed E-state index contributed by atoms with van der Waals surface area (Å²) < 4.78 is 0. The van der Waals surface area contributed by atoms with E-state index >= 15 is 0 Å². The van der Waals surface area contributed by atoms with Crippen LogP contribution in [0.5, 0.6) is 0 Å². The Labute approximate surface area is 78.4 Å². The number of hydrogen-bond acceptors (Lipinski definition) is 3. The van der Waals surface area contributed by atoms with Gasteiger partial charge in [-0.3, -0.25) is 0 Å². The maximum absolute atomic E-state index is 5.94. The smallest absolute Gasteiger partial charge is 0.116 e. The lowest BCUT2D eigenvalue weighted by Crippen LogP contribution is -2.05. The molecule has 0 aromatic carbocycles. The number of nitrogens with zero attached hydrogens (tertiary/aromatic N) is 2. The average molecular weight is 177 g/mol. The Hall–Kier alpha value is -1.12. The van der Waals surface area contributed by atoms with E-state index in [2.05, 4.69) is 9.97 Å². The van der Waals surface area contributed by atoms with Gasteiger partial charge in [-0.05, 0) is 19.8 Å². The highest BCUT2D eigenvalue weighted by Gasteiger charge is 2.21. The third kappa shape index (κ3) is 1.50. The Kier molecular flexibility index (Phi) is 2.17. The predicted octanol–water partition coefficient (Wildman–Crippen LogP) is 2.02. The Balaban J connectivity index is 2.33. The predicted molar refractivity (Wildman–Crippen MR) is 52.4 cm³/mol. The molecule has 1 aromatic rings. The minimum Gasteiger partial charge on any atom is -0.396 e. The molecule has 1 aliphatic carbocycles. The van der Waals surface area contributed by atoms with E-state index in [1.807, 2.05) is 6.92 Å². The summed E-state index contributed by atoms with van der Waals surface area (Å²) in [5, 5.41) is 0. The standard InChI is InChI=1S/C10H15N3/c1-7-9(11)10(13-6-12-7)8-4-2-3-5-8/h6,8H,2-5,11H2,1H3. The van der Waals surface area contributed by atoms with Gasteiger partial charge in [0.1, 0.15) is 6.33 Å². The van der Waals surface area contributed by atoms with Gasteiger partial charge < -0.3 is 5.73 Å². The van der Waals surface area contributed by atoms with Crippen LogP contribution in [0.15, 0.2) is 6.33 Å². The van der Waals surface area contributed by atoms with Crippen LogP contribution in [0.3, 0.4) is 0 Å². The number of rotatable bonds is 1. The number of nitrogen functional groups attached to an aromatic ring is 1. The van der Waals surface area contributed by atoms with Crippen molar-refractivity contribution in [1.29, 1.82) is 0 Å². The van der Waals surface area contributed by atoms with Gasteiger partial charge in [0.05, 0.1) is 17.1 Å². The van der Waals surface area contributed by atoms with Gasteiger partial charge in [0, 0.05) is 5.92 Å². The molecule has 0 amide bonds. The number of aryl methyl sites for hydroxylation is 1. The van der Waals surface area contributed by atoms with Gasteiger partial charge in [-0.15, -0.1) is 0 Å². The monoisotopic (exact) mass is 177 g/mol. The highest BCUT2D eigenvalue weighted by Crippen LogP contribution is 2.35. The molecule has 3 heteroatoms. The summed E-state index contributed by atoms with van der Waals surface area (Å²) in [6.07, 6.45) is 6.72. The maximum Gasteiger partial charge on any atom is 0.116 e. The minimum absolute atomic E-state index is 0.585. The summed E-state index contributed by atoms with van der Waals surface area (Å²) >= 11 is 0. The van der Waals surface area contributed by atoms with Crippen molar-refractivity contribution in [3.8, 4) is 0 Å². The number of nitrogens with two attached hydrogens (primary N) is 1. The molecule has 1 fully saturated rings. The third-order valence-electron chi connectivity index (χ3n) is 2.86. The van der Waals surface area contributed by atoms with Crippen LogP contribution in [0.2, 0.25) is 0 Å². The summed E-state index contributed by atoms with van der Waals surface area (Å²) in [5.74, 6) is 0.585. The summed E-state index contributed by atoms with van der Waals surface area (Å²) in [6, 6.07) is 0. The van der Waals surface area contributed by atoms with Gasteiger partial charge in [-0.2, -0.15) is 0 Å². The van der Waals surface area contributed by atoms with Crippen molar-refractivity contribution in [3.63, 3.8) is 0 Å². The van der Waals surface area contributed by atoms with E-state index in [4.69, 9.17) is 5.73 Å². The van der Waals surface area contributed by atoms with Crippen LogP contribution in [0.4, 0.5) is 5.69 Å². The fourth-order valence-electron chi connectivity index (χ4n) is 2.03. The van der Waals surface area contributed by atoms with Gasteiger partial charge in [-0.1, -0.05) is 12.8 Å². The molecule has 0 saturated heterocycles. The molecule has 1 aromatic heterocycles. The fourth-order valence-corrected chi connectivity index (χ4v) is 2.03. The lowest BCUT2D eigenvalue weighted by molar-refractivity contribution is 0.695. The second-order valence-corrected chi connectivity index (χ2v) is 3.74. The van der Waals surface area contributed by atoms with Gasteiger partial charge in [0.25, 0.3) is 0 Å². The largest absolute Gasteiger partial charge is 0.396 e. The molecule has 2 N–H and O–H groups in total. The van der Waals surface area contributed by atoms with Crippen LogP contribution in [0, 0.1) is 6.92 Å². The van der Waals surface area contributed by atoms with Crippen molar-refractivity contribution in [2.45, 2.75) is 38.5 Å². The molecule has 2 rings (SSSR count). The van der Waals surface area contributed by atoms with Crippen molar-refractivity contribution in [2.24, 2.45) is 0 Å². The topological polar surface area (TPSA) is 51.8 Å². The molecule has 0 atom stereocenters. The minimum atomic E-state index is 0.585. The van der Waals surface area contributed by atoms with Crippen molar-refractivity contribution >= 4 is 5.69 Å². The second kappa shape index (κ2) is 3.32. The molecule has 0 aliphatic heterocycles. The summed E-state index contributed by atoms with van der Waals surface area (Å²) in [4.78, 5) is 8.36. The lowest BCUT2D eigenvalue weighted by Gasteiger charge is -2.11. The number of hydrogen-bond donors (Lipinski definition) is 1. The Bertz CT molecular complexity index is 303. The van der Waals surface area contributed by atoms with E-state index in [9.17, 15) is 0 Å². The second-order valence-electron chi connectivity index (χ2n) is 3.74. The molecule has 0 radical (unpaired) electrons. The zero-order chi connectivity index (χ0) is 9.26. The average Bonchev–Trinajstić information content (AvgIpc) is 2.62. The zero-order valence-corrected chi connectivity index (χ0v) is 7.95. The zero-order valence-electron chi connectivity index (χ0n) is 7.95. The van der Waals surface area contributed by atoms with Gasteiger partial charge in [0.15, 0.2) is 0 Å². The van der Waals surface area contributed by atoms with Gasteiger partial charge in [0.2, 0.25) is 0 Å². The van der Waals surface area contributed by atoms with Crippen LogP contribution >= 0.6 is 0 Å². The quantitative estimate of drug-likeness (QED) is 0.714. The molecule has 0 unspecified atom stereocenters. The first-order chi connectivity index (χ1) is 6.29. The molecule has 13 heavy (non-hydrogen) atoms. The normalized spacial score (nSPS) is 17.9. The summed E-state index contributed by atoms with van der Waals surface area (Å²) in [5.41, 5.74) is 8.73. The highest BCUT2D eigenvalue weighted by atomic mass is 14.9.